The summed E-state index contributed by atoms with van der Waals surface area (Å²) >= 11 is 5.80. The molecule has 0 saturated carbocycles. The van der Waals surface area contributed by atoms with Crippen molar-refractivity contribution < 1.29 is 4.79 Å². The molecule has 17 heavy (non-hydrogen) atoms. The highest BCUT2D eigenvalue weighted by Crippen LogP contribution is 2.14. The summed E-state index contributed by atoms with van der Waals surface area (Å²) in [5.41, 5.74) is 0.627. The number of amides is 2. The van der Waals surface area contributed by atoms with Crippen LogP contribution in [0.3, 0.4) is 0 Å². The van der Waals surface area contributed by atoms with Gasteiger partial charge in [0.1, 0.15) is 0 Å². The van der Waals surface area contributed by atoms with E-state index in [-0.39, 0.29) is 12.1 Å². The first-order chi connectivity index (χ1) is 8.15. The van der Waals surface area contributed by atoms with Crippen molar-refractivity contribution in [2.75, 3.05) is 5.32 Å². The normalized spacial score (nSPS) is 11.4. The molecule has 0 spiro atoms. The van der Waals surface area contributed by atoms with Gasteiger partial charge in [-0.05, 0) is 24.6 Å². The van der Waals surface area contributed by atoms with E-state index in [1.54, 1.807) is 24.3 Å². The first-order valence-corrected chi connectivity index (χ1v) is 5.73. The van der Waals surface area contributed by atoms with Crippen molar-refractivity contribution in [3.8, 4) is 6.07 Å². The Balaban J connectivity index is 2.52. The lowest BCUT2D eigenvalue weighted by Gasteiger charge is -2.14. The maximum absolute atomic E-state index is 11.6. The fourth-order valence-corrected chi connectivity index (χ4v) is 1.52. The lowest BCUT2D eigenvalue weighted by Crippen LogP contribution is -2.37. The number of rotatable bonds is 4. The van der Waals surface area contributed by atoms with Crippen molar-refractivity contribution in [2.24, 2.45) is 0 Å². The fraction of sp³-hybridized carbons (Fsp3) is 0.333. The summed E-state index contributed by atoms with van der Waals surface area (Å²) in [6, 6.07) is 8.47. The lowest BCUT2D eigenvalue weighted by molar-refractivity contribution is 0.248. The summed E-state index contributed by atoms with van der Waals surface area (Å²) in [6.45, 7) is 1.92. The predicted molar refractivity (Wildman–Crippen MR) is 67.9 cm³/mol. The van der Waals surface area contributed by atoms with Gasteiger partial charge in [-0.15, -0.1) is 0 Å². The van der Waals surface area contributed by atoms with Gasteiger partial charge in [0.05, 0.1) is 12.5 Å². The molecule has 1 atom stereocenters. The van der Waals surface area contributed by atoms with Crippen molar-refractivity contribution >= 4 is 23.3 Å². The summed E-state index contributed by atoms with van der Waals surface area (Å²) < 4.78 is 0. The number of nitrogens with zero attached hydrogens (tertiary/aromatic N) is 1. The zero-order chi connectivity index (χ0) is 12.7. The van der Waals surface area contributed by atoms with Crippen LogP contribution in [0.1, 0.15) is 19.8 Å². The number of urea groups is 1. The number of nitrogens with one attached hydrogen (secondary N) is 2. The van der Waals surface area contributed by atoms with Crippen LogP contribution in [0.2, 0.25) is 5.02 Å². The average Bonchev–Trinajstić information content (AvgIpc) is 2.28. The Morgan fingerprint density at radius 1 is 1.59 bits per heavy atom. The van der Waals surface area contributed by atoms with E-state index in [0.717, 1.165) is 6.42 Å². The second kappa shape index (κ2) is 6.77. The molecule has 0 heterocycles. The largest absolute Gasteiger partial charge is 0.334 e. The monoisotopic (exact) mass is 251 g/mol. The molecule has 1 unspecified atom stereocenters. The first kappa shape index (κ1) is 13.3. The van der Waals surface area contributed by atoms with E-state index in [2.05, 4.69) is 10.6 Å². The Morgan fingerprint density at radius 3 is 2.94 bits per heavy atom. The maximum Gasteiger partial charge on any atom is 0.319 e. The Hall–Kier alpha value is -1.73. The molecule has 0 aliphatic heterocycles. The third-order valence-electron chi connectivity index (χ3n) is 2.25. The molecule has 0 radical (unpaired) electrons. The molecule has 1 aromatic rings. The molecule has 0 bridgehead atoms. The van der Waals surface area contributed by atoms with E-state index >= 15 is 0 Å². The van der Waals surface area contributed by atoms with Gasteiger partial charge in [0, 0.05) is 16.8 Å². The van der Waals surface area contributed by atoms with Crippen LogP contribution in [0.4, 0.5) is 10.5 Å². The van der Waals surface area contributed by atoms with Gasteiger partial charge in [-0.25, -0.2) is 4.79 Å². The Morgan fingerprint density at radius 2 is 2.35 bits per heavy atom. The standard InChI is InChI=1S/C12H14ClN3O/c1-2-10(6-7-14)15-12(17)16-11-5-3-4-9(13)8-11/h3-5,8,10H,2,6H2,1H3,(H2,15,16,17). The molecule has 5 heteroatoms. The van der Waals surface area contributed by atoms with Gasteiger partial charge in [0.25, 0.3) is 0 Å². The van der Waals surface area contributed by atoms with E-state index < -0.39 is 0 Å². The zero-order valence-electron chi connectivity index (χ0n) is 9.53. The van der Waals surface area contributed by atoms with E-state index in [1.165, 1.54) is 0 Å². The second-order valence-corrected chi connectivity index (χ2v) is 4.01. The third-order valence-corrected chi connectivity index (χ3v) is 2.48. The highest BCUT2D eigenvalue weighted by atomic mass is 35.5. The van der Waals surface area contributed by atoms with Crippen molar-refractivity contribution in [3.05, 3.63) is 29.3 Å². The van der Waals surface area contributed by atoms with Crippen LogP contribution in [-0.4, -0.2) is 12.1 Å². The minimum atomic E-state index is -0.325. The molecule has 90 valence electrons. The predicted octanol–water partition coefficient (Wildman–Crippen LogP) is 3.15. The number of benzene rings is 1. The van der Waals surface area contributed by atoms with Crippen LogP contribution in [0.5, 0.6) is 0 Å². The van der Waals surface area contributed by atoms with Crippen LogP contribution < -0.4 is 10.6 Å². The van der Waals surface area contributed by atoms with Gasteiger partial charge < -0.3 is 10.6 Å². The van der Waals surface area contributed by atoms with Crippen LogP contribution in [0, 0.1) is 11.3 Å². The fourth-order valence-electron chi connectivity index (χ4n) is 1.33. The van der Waals surface area contributed by atoms with E-state index in [0.29, 0.717) is 17.1 Å². The lowest BCUT2D eigenvalue weighted by atomic mass is 10.2. The molecule has 0 aliphatic carbocycles. The number of halogens is 1. The minimum Gasteiger partial charge on any atom is -0.334 e. The second-order valence-electron chi connectivity index (χ2n) is 3.58. The number of anilines is 1. The van der Waals surface area contributed by atoms with Gasteiger partial charge in [0.2, 0.25) is 0 Å². The molecule has 2 amide bonds. The number of carbonyl (C=O) groups is 1. The Labute approximate surface area is 106 Å². The van der Waals surface area contributed by atoms with Crippen molar-refractivity contribution in [1.82, 2.24) is 5.32 Å². The maximum atomic E-state index is 11.6. The van der Waals surface area contributed by atoms with E-state index in [1.807, 2.05) is 13.0 Å². The van der Waals surface area contributed by atoms with E-state index in [4.69, 9.17) is 16.9 Å². The molecular formula is C12H14ClN3O. The van der Waals surface area contributed by atoms with Crippen molar-refractivity contribution in [2.45, 2.75) is 25.8 Å². The summed E-state index contributed by atoms with van der Waals surface area (Å²) in [7, 11) is 0. The van der Waals surface area contributed by atoms with E-state index in [9.17, 15) is 4.79 Å². The minimum absolute atomic E-state index is 0.126. The third kappa shape index (κ3) is 4.75. The highest BCUT2D eigenvalue weighted by Gasteiger charge is 2.09. The molecule has 0 fully saturated rings. The quantitative estimate of drug-likeness (QED) is 0.863. The molecule has 2 N–H and O–H groups in total. The highest BCUT2D eigenvalue weighted by molar-refractivity contribution is 6.30. The summed E-state index contributed by atoms with van der Waals surface area (Å²) in [4.78, 5) is 11.6. The van der Waals surface area contributed by atoms with Gasteiger partial charge in [-0.1, -0.05) is 24.6 Å². The van der Waals surface area contributed by atoms with Gasteiger partial charge in [0.15, 0.2) is 0 Å². The molecule has 4 nitrogen and oxygen atoms in total. The molecule has 1 rings (SSSR count). The topological polar surface area (TPSA) is 64.9 Å². The molecule has 0 aromatic heterocycles. The Bertz CT molecular complexity index is 428. The molecule has 0 aliphatic rings. The van der Waals surface area contributed by atoms with Crippen molar-refractivity contribution in [3.63, 3.8) is 0 Å². The van der Waals surface area contributed by atoms with Crippen LogP contribution in [0.15, 0.2) is 24.3 Å². The Kier molecular flexibility index (Phi) is 5.31. The van der Waals surface area contributed by atoms with Gasteiger partial charge >= 0.3 is 6.03 Å². The summed E-state index contributed by atoms with van der Waals surface area (Å²) in [6.07, 6.45) is 1.02. The molecule has 1 aromatic carbocycles. The summed E-state index contributed by atoms with van der Waals surface area (Å²) in [5, 5.41) is 14.5. The van der Waals surface area contributed by atoms with Crippen LogP contribution >= 0.6 is 11.6 Å². The number of nitriles is 1. The van der Waals surface area contributed by atoms with Crippen LogP contribution in [-0.2, 0) is 0 Å². The first-order valence-electron chi connectivity index (χ1n) is 5.35. The van der Waals surface area contributed by atoms with Gasteiger partial charge in [-0.2, -0.15) is 5.26 Å². The number of hydrogen-bond donors (Lipinski definition) is 2. The smallest absolute Gasteiger partial charge is 0.319 e. The molecule has 0 saturated heterocycles. The zero-order valence-corrected chi connectivity index (χ0v) is 10.3. The van der Waals surface area contributed by atoms with Gasteiger partial charge in [-0.3, -0.25) is 0 Å². The number of hydrogen-bond acceptors (Lipinski definition) is 2. The average molecular weight is 252 g/mol. The van der Waals surface area contributed by atoms with Crippen molar-refractivity contribution in [1.29, 1.82) is 5.26 Å². The number of carbonyl (C=O) groups excluding carboxylic acids is 1. The molecular weight excluding hydrogens is 238 g/mol. The van der Waals surface area contributed by atoms with Crippen LogP contribution in [0.25, 0.3) is 0 Å². The SMILES string of the molecule is CCC(CC#N)NC(=O)Nc1cccc(Cl)c1. The summed E-state index contributed by atoms with van der Waals surface area (Å²) in [5.74, 6) is 0.